The fraction of sp³-hybridized carbons (Fsp3) is 0.571. The summed E-state index contributed by atoms with van der Waals surface area (Å²) in [6.07, 6.45) is 5.10. The maximum Gasteiger partial charge on any atom is 0.283 e. The highest BCUT2D eigenvalue weighted by Crippen LogP contribution is 2.18. The summed E-state index contributed by atoms with van der Waals surface area (Å²) in [6.45, 7) is 4.17. The first-order valence-electron chi connectivity index (χ1n) is 6.91. The molecule has 2 rings (SSSR count). The van der Waals surface area contributed by atoms with Crippen LogP contribution in [0.3, 0.4) is 0 Å². The van der Waals surface area contributed by atoms with Gasteiger partial charge in [-0.15, -0.1) is 0 Å². The normalized spacial score (nSPS) is 20.8. The number of hydrogen-bond acceptors (Lipinski definition) is 4. The number of carbonyl (C=O) groups excluding carboxylic acids is 1. The molecule has 1 aromatic heterocycles. The Kier molecular flexibility index (Phi) is 4.87. The predicted octanol–water partition coefficient (Wildman–Crippen LogP) is 1.45. The van der Waals surface area contributed by atoms with E-state index in [0.717, 1.165) is 18.8 Å². The molecule has 1 saturated heterocycles. The van der Waals surface area contributed by atoms with E-state index in [1.54, 1.807) is 6.07 Å². The van der Waals surface area contributed by atoms with Gasteiger partial charge in [0.05, 0.1) is 5.69 Å². The Labute approximate surface area is 114 Å². The zero-order valence-electron chi connectivity index (χ0n) is 11.4. The molecular weight excluding hydrogens is 240 g/mol. The van der Waals surface area contributed by atoms with Crippen molar-refractivity contribution in [2.45, 2.75) is 45.2 Å². The van der Waals surface area contributed by atoms with Gasteiger partial charge in [-0.2, -0.15) is 0 Å². The largest absolute Gasteiger partial charge is 0.295 e. The van der Waals surface area contributed by atoms with Crippen LogP contribution in [0.2, 0.25) is 0 Å². The van der Waals surface area contributed by atoms with Crippen LogP contribution in [-0.4, -0.2) is 28.4 Å². The third-order valence-corrected chi connectivity index (χ3v) is 3.73. The smallest absolute Gasteiger partial charge is 0.283 e. The predicted molar refractivity (Wildman–Crippen MR) is 74.2 cm³/mol. The van der Waals surface area contributed by atoms with Crippen molar-refractivity contribution in [2.75, 3.05) is 6.54 Å². The summed E-state index contributed by atoms with van der Waals surface area (Å²) in [5.74, 6) is 4.79. The number of amides is 1. The molecule has 1 aliphatic rings. The minimum Gasteiger partial charge on any atom is -0.295 e. The van der Waals surface area contributed by atoms with Gasteiger partial charge in [0.1, 0.15) is 5.69 Å². The molecule has 0 aliphatic carbocycles. The molecule has 3 N–H and O–H groups in total. The Morgan fingerprint density at radius 3 is 3.11 bits per heavy atom. The highest BCUT2D eigenvalue weighted by molar-refractivity contribution is 5.91. The van der Waals surface area contributed by atoms with E-state index in [-0.39, 0.29) is 5.91 Å². The lowest BCUT2D eigenvalue weighted by Crippen LogP contribution is -2.33. The van der Waals surface area contributed by atoms with Crippen molar-refractivity contribution in [1.29, 1.82) is 0 Å². The van der Waals surface area contributed by atoms with E-state index in [1.807, 2.05) is 12.1 Å². The SMILES string of the molecule is CC1CCCCCN1Cc1cccc(C(=O)NN)n1. The number of carbonyl (C=O) groups is 1. The van der Waals surface area contributed by atoms with Crippen molar-refractivity contribution in [3.05, 3.63) is 29.6 Å². The standard InChI is InChI=1S/C14H22N4O/c1-11-6-3-2-4-9-18(11)10-12-7-5-8-13(16-12)14(19)17-15/h5,7-8,11H,2-4,6,9-10,15H2,1H3,(H,17,19). The van der Waals surface area contributed by atoms with E-state index in [2.05, 4.69) is 22.2 Å². The van der Waals surface area contributed by atoms with Gasteiger partial charge in [-0.1, -0.05) is 18.9 Å². The van der Waals surface area contributed by atoms with Crippen LogP contribution in [0.15, 0.2) is 18.2 Å². The average molecular weight is 262 g/mol. The lowest BCUT2D eigenvalue weighted by atomic mass is 10.1. The number of rotatable bonds is 3. The first-order chi connectivity index (χ1) is 9.20. The highest BCUT2D eigenvalue weighted by Gasteiger charge is 2.17. The lowest BCUT2D eigenvalue weighted by Gasteiger charge is -2.26. The van der Waals surface area contributed by atoms with Crippen LogP contribution in [0.5, 0.6) is 0 Å². The summed E-state index contributed by atoms with van der Waals surface area (Å²) >= 11 is 0. The molecule has 2 heterocycles. The number of hydrazine groups is 1. The summed E-state index contributed by atoms with van der Waals surface area (Å²) in [5, 5.41) is 0. The zero-order valence-corrected chi connectivity index (χ0v) is 11.4. The molecule has 1 aliphatic heterocycles. The number of hydrogen-bond donors (Lipinski definition) is 2. The number of likely N-dealkylation sites (tertiary alicyclic amines) is 1. The Morgan fingerprint density at radius 1 is 1.47 bits per heavy atom. The minimum atomic E-state index is -0.342. The molecule has 1 fully saturated rings. The van der Waals surface area contributed by atoms with Crippen molar-refractivity contribution >= 4 is 5.91 Å². The Bertz CT molecular complexity index is 435. The fourth-order valence-corrected chi connectivity index (χ4v) is 2.55. The fourth-order valence-electron chi connectivity index (χ4n) is 2.55. The van der Waals surface area contributed by atoms with E-state index in [1.165, 1.54) is 25.7 Å². The van der Waals surface area contributed by atoms with E-state index in [0.29, 0.717) is 11.7 Å². The number of aromatic nitrogens is 1. The minimum absolute atomic E-state index is 0.342. The van der Waals surface area contributed by atoms with E-state index in [9.17, 15) is 4.79 Å². The number of nitrogens with one attached hydrogen (secondary N) is 1. The maximum absolute atomic E-state index is 11.5. The van der Waals surface area contributed by atoms with Gasteiger partial charge in [0, 0.05) is 12.6 Å². The van der Waals surface area contributed by atoms with Crippen LogP contribution >= 0.6 is 0 Å². The van der Waals surface area contributed by atoms with Crippen LogP contribution in [0.25, 0.3) is 0 Å². The third-order valence-electron chi connectivity index (χ3n) is 3.73. The van der Waals surface area contributed by atoms with Crippen molar-refractivity contribution < 1.29 is 4.79 Å². The molecule has 1 unspecified atom stereocenters. The van der Waals surface area contributed by atoms with Gasteiger partial charge >= 0.3 is 0 Å². The van der Waals surface area contributed by atoms with Gasteiger partial charge in [-0.05, 0) is 38.4 Å². The van der Waals surface area contributed by atoms with Crippen molar-refractivity contribution in [3.8, 4) is 0 Å². The van der Waals surface area contributed by atoms with Crippen LogP contribution < -0.4 is 11.3 Å². The van der Waals surface area contributed by atoms with Crippen LogP contribution in [0.1, 0.15) is 48.8 Å². The summed E-state index contributed by atoms with van der Waals surface area (Å²) < 4.78 is 0. The average Bonchev–Trinajstić information content (AvgIpc) is 2.64. The third kappa shape index (κ3) is 3.75. The molecule has 0 spiro atoms. The molecule has 1 aromatic rings. The Morgan fingerprint density at radius 2 is 2.32 bits per heavy atom. The maximum atomic E-state index is 11.5. The van der Waals surface area contributed by atoms with Crippen molar-refractivity contribution in [2.24, 2.45) is 5.84 Å². The molecule has 5 heteroatoms. The second-order valence-electron chi connectivity index (χ2n) is 5.16. The van der Waals surface area contributed by atoms with Gasteiger partial charge in [-0.25, -0.2) is 10.8 Å². The lowest BCUT2D eigenvalue weighted by molar-refractivity contribution is 0.0948. The van der Waals surface area contributed by atoms with E-state index < -0.39 is 0 Å². The monoisotopic (exact) mass is 262 g/mol. The molecule has 5 nitrogen and oxygen atoms in total. The van der Waals surface area contributed by atoms with E-state index in [4.69, 9.17) is 5.84 Å². The quantitative estimate of drug-likeness (QED) is 0.491. The Hall–Kier alpha value is -1.46. The second kappa shape index (κ2) is 6.63. The van der Waals surface area contributed by atoms with Gasteiger partial charge in [-0.3, -0.25) is 15.1 Å². The summed E-state index contributed by atoms with van der Waals surface area (Å²) in [4.78, 5) is 18.3. The van der Waals surface area contributed by atoms with Crippen LogP contribution in [-0.2, 0) is 6.54 Å². The number of nitrogens with two attached hydrogens (primary N) is 1. The number of nitrogen functional groups attached to an aromatic ring is 1. The molecule has 1 atom stereocenters. The van der Waals surface area contributed by atoms with E-state index >= 15 is 0 Å². The molecule has 0 bridgehead atoms. The molecule has 1 amide bonds. The first-order valence-corrected chi connectivity index (χ1v) is 6.91. The molecule has 0 saturated carbocycles. The first kappa shape index (κ1) is 14.0. The number of nitrogens with zero attached hydrogens (tertiary/aromatic N) is 2. The van der Waals surface area contributed by atoms with Gasteiger partial charge in [0.2, 0.25) is 0 Å². The van der Waals surface area contributed by atoms with Crippen LogP contribution in [0, 0.1) is 0 Å². The Balaban J connectivity index is 2.07. The van der Waals surface area contributed by atoms with Gasteiger partial charge in [0.15, 0.2) is 0 Å². The molecule has 104 valence electrons. The van der Waals surface area contributed by atoms with Crippen molar-refractivity contribution in [3.63, 3.8) is 0 Å². The van der Waals surface area contributed by atoms with Crippen molar-refractivity contribution in [1.82, 2.24) is 15.3 Å². The molecule has 0 aromatic carbocycles. The van der Waals surface area contributed by atoms with Gasteiger partial charge in [0.25, 0.3) is 5.91 Å². The molecule has 0 radical (unpaired) electrons. The zero-order chi connectivity index (χ0) is 13.7. The highest BCUT2D eigenvalue weighted by atomic mass is 16.2. The molecular formula is C14H22N4O. The summed E-state index contributed by atoms with van der Waals surface area (Å²) in [6, 6.07) is 6.08. The summed E-state index contributed by atoms with van der Waals surface area (Å²) in [5.41, 5.74) is 3.42. The van der Waals surface area contributed by atoms with Gasteiger partial charge < -0.3 is 0 Å². The summed E-state index contributed by atoms with van der Waals surface area (Å²) in [7, 11) is 0. The number of pyridine rings is 1. The second-order valence-corrected chi connectivity index (χ2v) is 5.16. The molecule has 19 heavy (non-hydrogen) atoms. The topological polar surface area (TPSA) is 71.2 Å². The van der Waals surface area contributed by atoms with Crippen LogP contribution in [0.4, 0.5) is 0 Å².